The zero-order chi connectivity index (χ0) is 17.8. The van der Waals surface area contributed by atoms with E-state index in [1.807, 2.05) is 48.7 Å². The lowest BCUT2D eigenvalue weighted by molar-refractivity contribution is -0.104. The molecule has 0 aliphatic carbocycles. The zero-order valence-corrected chi connectivity index (χ0v) is 15.3. The van der Waals surface area contributed by atoms with Gasteiger partial charge < -0.3 is 0 Å². The molecule has 25 heavy (non-hydrogen) atoms. The maximum atomic E-state index is 11.1. The standard InChI is InChI=1S/C21H16ClNOS/c1-3-15(12-24)10-17-13-25-20-7-5-4-6-18(20)21(23-17)16-9-8-14(2)19(22)11-16/h3-13H,1H2,2H3/b15-10+. The number of carbonyl (C=O) groups excluding carboxylic acids is 1. The van der Waals surface area contributed by atoms with Crippen LogP contribution in [0, 0.1) is 6.92 Å². The van der Waals surface area contributed by atoms with E-state index in [9.17, 15) is 4.79 Å². The largest absolute Gasteiger partial charge is 0.298 e. The van der Waals surface area contributed by atoms with Crippen LogP contribution in [-0.4, -0.2) is 12.0 Å². The number of aryl methyl sites for hydroxylation is 1. The molecular formula is C21H16ClNOS. The fraction of sp³-hybridized carbons (Fsp3) is 0.0476. The maximum Gasteiger partial charge on any atom is 0.150 e. The van der Waals surface area contributed by atoms with Crippen molar-refractivity contribution >= 4 is 35.4 Å². The van der Waals surface area contributed by atoms with Crippen molar-refractivity contribution in [2.75, 3.05) is 0 Å². The SMILES string of the molecule is C=C/C(C=O)=C\C1=CSc2ccccc2C(c2ccc(C)c(Cl)c2)=N1. The monoisotopic (exact) mass is 365 g/mol. The van der Waals surface area contributed by atoms with Gasteiger partial charge in [0.25, 0.3) is 0 Å². The van der Waals surface area contributed by atoms with Crippen molar-refractivity contribution < 1.29 is 4.79 Å². The van der Waals surface area contributed by atoms with Gasteiger partial charge in [-0.25, -0.2) is 4.99 Å². The molecule has 1 aliphatic heterocycles. The molecule has 0 unspecified atom stereocenters. The van der Waals surface area contributed by atoms with Crippen LogP contribution in [0.1, 0.15) is 16.7 Å². The fourth-order valence-corrected chi connectivity index (χ4v) is 3.44. The van der Waals surface area contributed by atoms with Gasteiger partial charge in [0.15, 0.2) is 0 Å². The molecule has 0 N–H and O–H groups in total. The highest BCUT2D eigenvalue weighted by molar-refractivity contribution is 8.02. The minimum atomic E-state index is 0.489. The maximum absolute atomic E-state index is 11.1. The Bertz CT molecular complexity index is 931. The van der Waals surface area contributed by atoms with Crippen molar-refractivity contribution in [2.24, 2.45) is 4.99 Å². The Morgan fingerprint density at radius 2 is 2.04 bits per heavy atom. The molecule has 0 radical (unpaired) electrons. The molecule has 0 saturated carbocycles. The first-order chi connectivity index (χ1) is 12.1. The van der Waals surface area contributed by atoms with Crippen LogP contribution in [0.4, 0.5) is 0 Å². The predicted molar refractivity (Wildman–Crippen MR) is 107 cm³/mol. The van der Waals surface area contributed by atoms with Crippen molar-refractivity contribution in [3.63, 3.8) is 0 Å². The molecule has 2 nitrogen and oxygen atoms in total. The number of aldehydes is 1. The Morgan fingerprint density at radius 3 is 2.76 bits per heavy atom. The van der Waals surface area contributed by atoms with Crippen LogP contribution >= 0.6 is 23.4 Å². The molecule has 0 amide bonds. The summed E-state index contributed by atoms with van der Waals surface area (Å²) in [5.41, 5.74) is 5.03. The van der Waals surface area contributed by atoms with Crippen molar-refractivity contribution in [1.29, 1.82) is 0 Å². The summed E-state index contributed by atoms with van der Waals surface area (Å²) >= 11 is 7.90. The van der Waals surface area contributed by atoms with E-state index in [0.29, 0.717) is 16.3 Å². The Balaban J connectivity index is 2.19. The molecule has 2 aromatic carbocycles. The van der Waals surface area contributed by atoms with E-state index < -0.39 is 0 Å². The zero-order valence-electron chi connectivity index (χ0n) is 13.7. The van der Waals surface area contributed by atoms with Gasteiger partial charge in [-0.2, -0.15) is 0 Å². The molecule has 0 bridgehead atoms. The summed E-state index contributed by atoms with van der Waals surface area (Å²) < 4.78 is 0. The number of aliphatic imine (C=N–C) groups is 1. The van der Waals surface area contributed by atoms with Gasteiger partial charge in [0.1, 0.15) is 6.29 Å². The van der Waals surface area contributed by atoms with Crippen LogP contribution in [-0.2, 0) is 4.79 Å². The van der Waals surface area contributed by atoms with E-state index in [4.69, 9.17) is 16.6 Å². The smallest absolute Gasteiger partial charge is 0.150 e. The lowest BCUT2D eigenvalue weighted by atomic mass is 10.0. The normalized spacial score (nSPS) is 14.1. The number of fused-ring (bicyclic) bond motifs is 1. The van der Waals surface area contributed by atoms with E-state index in [1.165, 1.54) is 6.08 Å². The van der Waals surface area contributed by atoms with Gasteiger partial charge in [-0.1, -0.05) is 66.3 Å². The summed E-state index contributed by atoms with van der Waals surface area (Å²) in [6.07, 6.45) is 4.03. The minimum absolute atomic E-state index is 0.489. The van der Waals surface area contributed by atoms with Gasteiger partial charge >= 0.3 is 0 Å². The summed E-state index contributed by atoms with van der Waals surface area (Å²) in [6, 6.07) is 14.0. The van der Waals surface area contributed by atoms with Gasteiger partial charge in [-0.15, -0.1) is 0 Å². The van der Waals surface area contributed by atoms with E-state index in [0.717, 1.165) is 33.6 Å². The van der Waals surface area contributed by atoms with Crippen molar-refractivity contribution in [1.82, 2.24) is 0 Å². The number of rotatable bonds is 4. The molecule has 0 atom stereocenters. The van der Waals surface area contributed by atoms with E-state index in [-0.39, 0.29) is 0 Å². The minimum Gasteiger partial charge on any atom is -0.298 e. The van der Waals surface area contributed by atoms with Gasteiger partial charge in [-0.05, 0) is 30.7 Å². The molecule has 1 aliphatic rings. The van der Waals surface area contributed by atoms with Crippen LogP contribution in [0.3, 0.4) is 0 Å². The second kappa shape index (κ2) is 7.68. The number of hydrogen-bond acceptors (Lipinski definition) is 3. The summed E-state index contributed by atoms with van der Waals surface area (Å²) in [6.45, 7) is 5.63. The van der Waals surface area contributed by atoms with Crippen molar-refractivity contribution in [3.05, 3.63) is 99.6 Å². The molecule has 2 aromatic rings. The number of nitrogens with zero attached hydrogens (tertiary/aromatic N) is 1. The third-order valence-electron chi connectivity index (χ3n) is 3.82. The highest BCUT2D eigenvalue weighted by Crippen LogP contribution is 2.32. The van der Waals surface area contributed by atoms with Gasteiger partial charge in [0, 0.05) is 32.0 Å². The van der Waals surface area contributed by atoms with E-state index >= 15 is 0 Å². The summed E-state index contributed by atoms with van der Waals surface area (Å²) in [7, 11) is 0. The number of thioether (sulfide) groups is 1. The molecule has 1 heterocycles. The number of allylic oxidation sites excluding steroid dienone is 3. The second-order valence-corrected chi connectivity index (χ2v) is 6.87. The third-order valence-corrected chi connectivity index (χ3v) is 5.20. The average molecular weight is 366 g/mol. The van der Waals surface area contributed by atoms with Gasteiger partial charge in [0.05, 0.1) is 11.4 Å². The Kier molecular flexibility index (Phi) is 5.37. The lowest BCUT2D eigenvalue weighted by Crippen LogP contribution is -2.05. The Morgan fingerprint density at radius 1 is 1.24 bits per heavy atom. The van der Waals surface area contributed by atoms with Crippen LogP contribution in [0.25, 0.3) is 0 Å². The van der Waals surface area contributed by atoms with Crippen molar-refractivity contribution in [2.45, 2.75) is 11.8 Å². The topological polar surface area (TPSA) is 29.4 Å². The molecule has 3 rings (SSSR count). The van der Waals surface area contributed by atoms with Gasteiger partial charge in [-0.3, -0.25) is 4.79 Å². The fourth-order valence-electron chi connectivity index (χ4n) is 2.44. The lowest BCUT2D eigenvalue weighted by Gasteiger charge is -2.10. The predicted octanol–water partition coefficient (Wildman–Crippen LogP) is 5.74. The molecule has 0 aromatic heterocycles. The first kappa shape index (κ1) is 17.5. The number of benzene rings is 2. The molecule has 0 fully saturated rings. The molecule has 0 saturated heterocycles. The van der Waals surface area contributed by atoms with Gasteiger partial charge in [0.2, 0.25) is 0 Å². The third kappa shape index (κ3) is 3.84. The number of halogens is 1. The summed E-state index contributed by atoms with van der Waals surface area (Å²) in [5.74, 6) is 0. The van der Waals surface area contributed by atoms with Crippen LogP contribution in [0.2, 0.25) is 5.02 Å². The Labute approximate surface area is 156 Å². The first-order valence-electron chi connectivity index (χ1n) is 7.73. The highest BCUT2D eigenvalue weighted by Gasteiger charge is 2.16. The number of hydrogen-bond donors (Lipinski definition) is 0. The second-order valence-electron chi connectivity index (χ2n) is 5.55. The van der Waals surface area contributed by atoms with E-state index in [1.54, 1.807) is 17.8 Å². The first-order valence-corrected chi connectivity index (χ1v) is 8.99. The summed E-state index contributed by atoms with van der Waals surface area (Å²) in [4.78, 5) is 17.0. The molecule has 0 spiro atoms. The Hall–Kier alpha value is -2.36. The number of carbonyl (C=O) groups is 1. The quantitative estimate of drug-likeness (QED) is 0.392. The average Bonchev–Trinajstić information content (AvgIpc) is 2.82. The van der Waals surface area contributed by atoms with Crippen LogP contribution < -0.4 is 0 Å². The van der Waals surface area contributed by atoms with Crippen LogP contribution in [0.5, 0.6) is 0 Å². The molecular weight excluding hydrogens is 350 g/mol. The van der Waals surface area contributed by atoms with Crippen molar-refractivity contribution in [3.8, 4) is 0 Å². The van der Waals surface area contributed by atoms with Crippen LogP contribution in [0.15, 0.2) is 87.8 Å². The summed E-state index contributed by atoms with van der Waals surface area (Å²) in [5, 5.41) is 2.64. The molecule has 124 valence electrons. The van der Waals surface area contributed by atoms with E-state index in [2.05, 4.69) is 12.6 Å². The highest BCUT2D eigenvalue weighted by atomic mass is 35.5. The molecule has 4 heteroatoms.